The summed E-state index contributed by atoms with van der Waals surface area (Å²) < 4.78 is 1.24. The Morgan fingerprint density at radius 2 is 2.13 bits per heavy atom. The van der Waals surface area contributed by atoms with Crippen LogP contribution in [-0.2, 0) is 12.8 Å². The topological polar surface area (TPSA) is 50.9 Å². The van der Waals surface area contributed by atoms with E-state index in [-0.39, 0.29) is 0 Å². The van der Waals surface area contributed by atoms with E-state index in [2.05, 4.69) is 22.5 Å². The maximum absolute atomic E-state index is 5.39. The van der Waals surface area contributed by atoms with Gasteiger partial charge in [-0.3, -0.25) is 5.43 Å². The number of nitrogens with one attached hydrogen (secondary N) is 1. The van der Waals surface area contributed by atoms with Crippen LogP contribution in [0.25, 0.3) is 10.2 Å². The second-order valence-electron chi connectivity index (χ2n) is 3.92. The van der Waals surface area contributed by atoms with Gasteiger partial charge in [0.05, 0.1) is 10.2 Å². The maximum atomic E-state index is 5.39. The van der Waals surface area contributed by atoms with Gasteiger partial charge in [0.2, 0.25) is 0 Å². The van der Waals surface area contributed by atoms with Gasteiger partial charge in [-0.05, 0) is 42.9 Å². The third kappa shape index (κ3) is 1.41. The molecule has 78 valence electrons. The van der Waals surface area contributed by atoms with E-state index in [1.165, 1.54) is 41.5 Å². The highest BCUT2D eigenvalue weighted by atomic mass is 32.1. The van der Waals surface area contributed by atoms with Crippen molar-refractivity contribution in [3.63, 3.8) is 0 Å². The van der Waals surface area contributed by atoms with E-state index in [0.29, 0.717) is 0 Å². The van der Waals surface area contributed by atoms with Crippen molar-refractivity contribution in [2.24, 2.45) is 5.84 Å². The fraction of sp³-hybridized carbons (Fsp3) is 0.364. The number of hydrogen-bond acceptors (Lipinski definition) is 4. The van der Waals surface area contributed by atoms with Gasteiger partial charge in [0.1, 0.15) is 0 Å². The number of thiazole rings is 1. The monoisotopic (exact) mass is 219 g/mol. The lowest BCUT2D eigenvalue weighted by Gasteiger charge is -2.15. The minimum atomic E-state index is 0.809. The molecule has 0 saturated heterocycles. The van der Waals surface area contributed by atoms with Crippen LogP contribution in [-0.4, -0.2) is 4.98 Å². The average molecular weight is 219 g/mol. The average Bonchev–Trinajstić information content (AvgIpc) is 2.72. The van der Waals surface area contributed by atoms with E-state index in [9.17, 15) is 0 Å². The van der Waals surface area contributed by atoms with Crippen LogP contribution in [0.1, 0.15) is 24.0 Å². The molecule has 3 nitrogen and oxygen atoms in total. The number of rotatable bonds is 1. The SMILES string of the molecule is NNc1nc2c3c(ccc2s1)CCCC3. The summed E-state index contributed by atoms with van der Waals surface area (Å²) in [4.78, 5) is 4.53. The molecule has 0 saturated carbocycles. The Bertz CT molecular complexity index is 504. The van der Waals surface area contributed by atoms with E-state index >= 15 is 0 Å². The number of aryl methyl sites for hydroxylation is 2. The fourth-order valence-corrected chi connectivity index (χ4v) is 3.09. The molecule has 3 rings (SSSR count). The molecule has 0 fully saturated rings. The van der Waals surface area contributed by atoms with Gasteiger partial charge in [0.25, 0.3) is 0 Å². The minimum absolute atomic E-state index is 0.809. The lowest BCUT2D eigenvalue weighted by Crippen LogP contribution is -2.06. The van der Waals surface area contributed by atoms with Crippen LogP contribution < -0.4 is 11.3 Å². The summed E-state index contributed by atoms with van der Waals surface area (Å²) in [7, 11) is 0. The van der Waals surface area contributed by atoms with E-state index in [4.69, 9.17) is 5.84 Å². The Balaban J connectivity index is 2.25. The van der Waals surface area contributed by atoms with Gasteiger partial charge in [-0.2, -0.15) is 0 Å². The molecule has 1 aromatic carbocycles. The molecule has 0 spiro atoms. The van der Waals surface area contributed by atoms with Crippen molar-refractivity contribution in [3.8, 4) is 0 Å². The number of nitrogens with zero attached hydrogens (tertiary/aromatic N) is 1. The van der Waals surface area contributed by atoms with Crippen molar-refractivity contribution < 1.29 is 0 Å². The predicted molar refractivity (Wildman–Crippen MR) is 64.1 cm³/mol. The van der Waals surface area contributed by atoms with Crippen LogP contribution in [0.3, 0.4) is 0 Å². The van der Waals surface area contributed by atoms with E-state index in [0.717, 1.165) is 10.6 Å². The van der Waals surface area contributed by atoms with Gasteiger partial charge in [0.15, 0.2) is 5.13 Å². The van der Waals surface area contributed by atoms with Crippen LogP contribution in [0.4, 0.5) is 5.13 Å². The summed E-state index contributed by atoms with van der Waals surface area (Å²) in [5.41, 5.74) is 6.70. The van der Waals surface area contributed by atoms with Gasteiger partial charge in [0, 0.05) is 0 Å². The number of aromatic nitrogens is 1. The first-order chi connectivity index (χ1) is 7.38. The lowest BCUT2D eigenvalue weighted by molar-refractivity contribution is 0.689. The van der Waals surface area contributed by atoms with Gasteiger partial charge in [-0.1, -0.05) is 17.4 Å². The lowest BCUT2D eigenvalue weighted by atomic mass is 9.91. The molecule has 0 radical (unpaired) electrons. The van der Waals surface area contributed by atoms with E-state index < -0.39 is 0 Å². The Morgan fingerprint density at radius 3 is 3.00 bits per heavy atom. The number of hydrogen-bond donors (Lipinski definition) is 2. The Labute approximate surface area is 92.3 Å². The van der Waals surface area contributed by atoms with Crippen LogP contribution in [0.5, 0.6) is 0 Å². The number of hydrazine groups is 1. The molecule has 0 bridgehead atoms. The van der Waals surface area contributed by atoms with Crippen molar-refractivity contribution in [2.75, 3.05) is 5.43 Å². The molecule has 2 aromatic rings. The van der Waals surface area contributed by atoms with Crippen molar-refractivity contribution in [1.29, 1.82) is 0 Å². The molecular formula is C11H13N3S. The van der Waals surface area contributed by atoms with Gasteiger partial charge in [-0.25, -0.2) is 10.8 Å². The smallest absolute Gasteiger partial charge is 0.198 e. The molecule has 0 atom stereocenters. The van der Waals surface area contributed by atoms with Crippen LogP contribution >= 0.6 is 11.3 Å². The van der Waals surface area contributed by atoms with Gasteiger partial charge >= 0.3 is 0 Å². The van der Waals surface area contributed by atoms with E-state index in [1.807, 2.05) is 0 Å². The molecule has 15 heavy (non-hydrogen) atoms. The fourth-order valence-electron chi connectivity index (χ4n) is 2.28. The normalized spacial score (nSPS) is 15.3. The largest absolute Gasteiger partial charge is 0.300 e. The standard InChI is InChI=1S/C11H13N3S/c12-14-11-13-10-8-4-2-1-3-7(8)5-6-9(10)15-11/h5-6H,1-4,12H2,(H,13,14). The number of nitrogen functional groups attached to an aromatic ring is 1. The van der Waals surface area contributed by atoms with Crippen LogP contribution in [0.2, 0.25) is 0 Å². The van der Waals surface area contributed by atoms with E-state index in [1.54, 1.807) is 11.3 Å². The number of anilines is 1. The Hall–Kier alpha value is -1.13. The molecule has 1 heterocycles. The van der Waals surface area contributed by atoms with Gasteiger partial charge < -0.3 is 0 Å². The molecule has 0 aliphatic heterocycles. The number of benzene rings is 1. The zero-order valence-electron chi connectivity index (χ0n) is 8.42. The summed E-state index contributed by atoms with van der Waals surface area (Å²) >= 11 is 1.62. The first kappa shape index (κ1) is 9.12. The molecule has 0 amide bonds. The first-order valence-electron chi connectivity index (χ1n) is 5.26. The van der Waals surface area contributed by atoms with Gasteiger partial charge in [-0.15, -0.1) is 0 Å². The molecule has 0 unspecified atom stereocenters. The van der Waals surface area contributed by atoms with Crippen molar-refractivity contribution in [3.05, 3.63) is 23.3 Å². The summed E-state index contributed by atoms with van der Waals surface area (Å²) in [5, 5.41) is 0.809. The molecular weight excluding hydrogens is 206 g/mol. The number of nitrogens with two attached hydrogens (primary N) is 1. The molecule has 4 heteroatoms. The highest BCUT2D eigenvalue weighted by Crippen LogP contribution is 2.33. The number of fused-ring (bicyclic) bond motifs is 3. The quantitative estimate of drug-likeness (QED) is 0.572. The summed E-state index contributed by atoms with van der Waals surface area (Å²) in [5.74, 6) is 5.39. The van der Waals surface area contributed by atoms with Crippen LogP contribution in [0.15, 0.2) is 12.1 Å². The molecule has 1 aliphatic rings. The highest BCUT2D eigenvalue weighted by molar-refractivity contribution is 7.22. The van der Waals surface area contributed by atoms with Crippen molar-refractivity contribution in [1.82, 2.24) is 4.98 Å². The zero-order valence-corrected chi connectivity index (χ0v) is 9.23. The second kappa shape index (κ2) is 3.47. The van der Waals surface area contributed by atoms with Crippen molar-refractivity contribution >= 4 is 26.7 Å². The molecule has 1 aromatic heterocycles. The summed E-state index contributed by atoms with van der Waals surface area (Å²) in [6.07, 6.45) is 4.97. The third-order valence-electron chi connectivity index (χ3n) is 3.01. The summed E-state index contributed by atoms with van der Waals surface area (Å²) in [6, 6.07) is 4.41. The predicted octanol–water partition coefficient (Wildman–Crippen LogP) is 2.46. The first-order valence-corrected chi connectivity index (χ1v) is 6.08. The highest BCUT2D eigenvalue weighted by Gasteiger charge is 2.15. The van der Waals surface area contributed by atoms with Crippen molar-refractivity contribution in [2.45, 2.75) is 25.7 Å². The Morgan fingerprint density at radius 1 is 1.27 bits per heavy atom. The minimum Gasteiger partial charge on any atom is -0.300 e. The zero-order chi connectivity index (χ0) is 10.3. The molecule has 3 N–H and O–H groups in total. The molecule has 1 aliphatic carbocycles. The summed E-state index contributed by atoms with van der Waals surface area (Å²) in [6.45, 7) is 0. The Kier molecular flexibility index (Phi) is 2.11. The maximum Gasteiger partial charge on any atom is 0.198 e. The second-order valence-corrected chi connectivity index (χ2v) is 4.95. The third-order valence-corrected chi connectivity index (χ3v) is 3.96. The van der Waals surface area contributed by atoms with Crippen LogP contribution in [0, 0.1) is 0 Å².